The molecule has 0 saturated heterocycles. The van der Waals surface area contributed by atoms with Gasteiger partial charge in [-0.2, -0.15) is 5.10 Å². The van der Waals surface area contributed by atoms with Crippen molar-refractivity contribution in [2.24, 2.45) is 0 Å². The number of H-pyrrole nitrogens is 1. The molecule has 0 amide bonds. The van der Waals surface area contributed by atoms with Crippen LogP contribution in [0.25, 0.3) is 17.0 Å². The molecular weight excluding hydrogens is 364 g/mol. The fraction of sp³-hybridized carbons (Fsp3) is 0.150. The molecule has 2 aromatic heterocycles. The zero-order chi connectivity index (χ0) is 18.7. The van der Waals surface area contributed by atoms with E-state index in [2.05, 4.69) is 15.1 Å². The van der Waals surface area contributed by atoms with Crippen molar-refractivity contribution in [3.05, 3.63) is 75.6 Å². The molecule has 0 fully saturated rings. The number of hydrogen-bond donors (Lipinski definition) is 1. The Hall–Kier alpha value is -3.12. The normalized spacial score (nSPS) is 16.0. The van der Waals surface area contributed by atoms with Crippen molar-refractivity contribution < 1.29 is 9.53 Å². The maximum Gasteiger partial charge on any atom is 0.339 e. The zero-order valence-corrected chi connectivity index (χ0v) is 15.4. The van der Waals surface area contributed by atoms with E-state index in [0.29, 0.717) is 22.1 Å². The zero-order valence-electron chi connectivity index (χ0n) is 14.7. The molecule has 1 N–H and O–H groups in total. The number of cyclic esters (lactones) is 1. The standard InChI is InChI=1S/C20H15ClN4O2/c1-10-7-8-15-17(16(10)21)23-20(22-15)25-9-14(11(2)24-25)18-12-5-3-4-6-13(12)19(26)27-18/h3-9,18H,1-2H3,(H,22,23). The Kier molecular flexibility index (Phi) is 3.39. The van der Waals surface area contributed by atoms with Crippen LogP contribution >= 0.6 is 11.6 Å². The minimum Gasteiger partial charge on any atom is -0.449 e. The highest BCUT2D eigenvalue weighted by Crippen LogP contribution is 2.37. The second-order valence-corrected chi connectivity index (χ2v) is 7.02. The van der Waals surface area contributed by atoms with Crippen molar-refractivity contribution in [2.75, 3.05) is 0 Å². The van der Waals surface area contributed by atoms with Crippen LogP contribution in [0.15, 0.2) is 42.6 Å². The van der Waals surface area contributed by atoms with Crippen LogP contribution in [0.2, 0.25) is 5.02 Å². The molecule has 0 saturated carbocycles. The molecule has 3 heterocycles. The van der Waals surface area contributed by atoms with Gasteiger partial charge in [0.05, 0.1) is 21.8 Å². The number of ether oxygens (including phenoxy) is 1. The number of carbonyl (C=O) groups is 1. The number of carbonyl (C=O) groups excluding carboxylic acids is 1. The van der Waals surface area contributed by atoms with Crippen molar-refractivity contribution >= 4 is 28.6 Å². The Labute approximate surface area is 159 Å². The van der Waals surface area contributed by atoms with Gasteiger partial charge in [-0.1, -0.05) is 35.9 Å². The van der Waals surface area contributed by atoms with E-state index in [1.165, 1.54) is 0 Å². The minimum atomic E-state index is -0.460. The number of nitrogens with zero attached hydrogens (tertiary/aromatic N) is 3. The molecule has 1 atom stereocenters. The van der Waals surface area contributed by atoms with Gasteiger partial charge in [-0.3, -0.25) is 0 Å². The van der Waals surface area contributed by atoms with Crippen LogP contribution in [-0.4, -0.2) is 25.7 Å². The summed E-state index contributed by atoms with van der Waals surface area (Å²) in [5, 5.41) is 5.18. The second-order valence-electron chi connectivity index (χ2n) is 6.64. The summed E-state index contributed by atoms with van der Waals surface area (Å²) >= 11 is 6.37. The van der Waals surface area contributed by atoms with Gasteiger partial charge in [-0.05, 0) is 31.5 Å². The predicted octanol–water partition coefficient (Wildman–Crippen LogP) is 4.28. The summed E-state index contributed by atoms with van der Waals surface area (Å²) in [6.07, 6.45) is 1.38. The average molecular weight is 379 g/mol. The fourth-order valence-electron chi connectivity index (χ4n) is 3.45. The number of aromatic nitrogens is 4. The van der Waals surface area contributed by atoms with Crippen molar-refractivity contribution in [1.29, 1.82) is 0 Å². The number of benzene rings is 2. The monoisotopic (exact) mass is 378 g/mol. The maximum atomic E-state index is 12.1. The molecule has 6 nitrogen and oxygen atoms in total. The number of aryl methyl sites for hydroxylation is 2. The van der Waals surface area contributed by atoms with Crippen molar-refractivity contribution in [2.45, 2.75) is 20.0 Å². The van der Waals surface area contributed by atoms with E-state index in [9.17, 15) is 4.79 Å². The van der Waals surface area contributed by atoms with E-state index < -0.39 is 6.10 Å². The minimum absolute atomic E-state index is 0.311. The van der Waals surface area contributed by atoms with Gasteiger partial charge in [0, 0.05) is 17.3 Å². The van der Waals surface area contributed by atoms with Gasteiger partial charge in [0.15, 0.2) is 6.10 Å². The molecule has 0 aliphatic carbocycles. The Bertz CT molecular complexity index is 1220. The van der Waals surface area contributed by atoms with Crippen molar-refractivity contribution in [3.8, 4) is 5.95 Å². The molecule has 4 aromatic rings. The summed E-state index contributed by atoms with van der Waals surface area (Å²) in [6.45, 7) is 3.83. The van der Waals surface area contributed by atoms with E-state index in [1.807, 2.05) is 50.4 Å². The van der Waals surface area contributed by atoms with Crippen LogP contribution in [0, 0.1) is 13.8 Å². The van der Waals surface area contributed by atoms with Crippen LogP contribution in [0.3, 0.4) is 0 Å². The molecule has 2 aromatic carbocycles. The summed E-state index contributed by atoms with van der Waals surface area (Å²) < 4.78 is 7.26. The molecule has 1 aliphatic rings. The number of rotatable bonds is 2. The lowest BCUT2D eigenvalue weighted by Gasteiger charge is -2.08. The predicted molar refractivity (Wildman–Crippen MR) is 101 cm³/mol. The molecule has 0 bridgehead atoms. The highest BCUT2D eigenvalue weighted by molar-refractivity contribution is 6.35. The lowest BCUT2D eigenvalue weighted by atomic mass is 10.0. The van der Waals surface area contributed by atoms with Crippen LogP contribution in [0.5, 0.6) is 0 Å². The van der Waals surface area contributed by atoms with Crippen LogP contribution in [-0.2, 0) is 4.74 Å². The molecule has 7 heteroatoms. The third kappa shape index (κ3) is 2.37. The first-order valence-electron chi connectivity index (χ1n) is 8.54. The smallest absolute Gasteiger partial charge is 0.339 e. The molecule has 27 heavy (non-hydrogen) atoms. The Morgan fingerprint density at radius 1 is 1.15 bits per heavy atom. The second kappa shape index (κ2) is 5.69. The quantitative estimate of drug-likeness (QED) is 0.528. The number of imidazole rings is 1. The topological polar surface area (TPSA) is 72.8 Å². The fourth-order valence-corrected chi connectivity index (χ4v) is 3.66. The lowest BCUT2D eigenvalue weighted by molar-refractivity contribution is 0.0455. The first-order chi connectivity index (χ1) is 13.0. The number of aromatic amines is 1. The van der Waals surface area contributed by atoms with E-state index >= 15 is 0 Å². The van der Waals surface area contributed by atoms with Crippen LogP contribution in [0.1, 0.15) is 38.8 Å². The van der Waals surface area contributed by atoms with E-state index in [0.717, 1.165) is 27.9 Å². The average Bonchev–Trinajstić information content (AvgIpc) is 3.34. The largest absolute Gasteiger partial charge is 0.449 e. The highest BCUT2D eigenvalue weighted by Gasteiger charge is 2.34. The lowest BCUT2D eigenvalue weighted by Crippen LogP contribution is -2.01. The molecule has 1 aliphatic heterocycles. The van der Waals surface area contributed by atoms with Gasteiger partial charge in [0.2, 0.25) is 5.95 Å². The van der Waals surface area contributed by atoms with Crippen LogP contribution < -0.4 is 0 Å². The number of nitrogens with one attached hydrogen (secondary N) is 1. The third-order valence-corrected chi connectivity index (χ3v) is 5.37. The SMILES string of the molecule is Cc1ccc2[nH]c(-n3cc(C4OC(=O)c5ccccc54)c(C)n3)nc2c1Cl. The Balaban J connectivity index is 1.60. The number of esters is 1. The molecule has 0 radical (unpaired) electrons. The van der Waals surface area contributed by atoms with Gasteiger partial charge in [0.1, 0.15) is 5.52 Å². The Morgan fingerprint density at radius 3 is 2.81 bits per heavy atom. The van der Waals surface area contributed by atoms with E-state index in [1.54, 1.807) is 10.7 Å². The van der Waals surface area contributed by atoms with Gasteiger partial charge >= 0.3 is 5.97 Å². The van der Waals surface area contributed by atoms with Crippen LogP contribution in [0.4, 0.5) is 0 Å². The van der Waals surface area contributed by atoms with Gasteiger partial charge in [-0.15, -0.1) is 0 Å². The number of halogens is 1. The highest BCUT2D eigenvalue weighted by atomic mass is 35.5. The molecule has 1 unspecified atom stereocenters. The summed E-state index contributed by atoms with van der Waals surface area (Å²) in [7, 11) is 0. The first-order valence-corrected chi connectivity index (χ1v) is 8.92. The third-order valence-electron chi connectivity index (χ3n) is 4.90. The summed E-state index contributed by atoms with van der Waals surface area (Å²) in [5.41, 5.74) is 5.57. The van der Waals surface area contributed by atoms with Gasteiger partial charge in [-0.25, -0.2) is 14.5 Å². The van der Waals surface area contributed by atoms with Gasteiger partial charge < -0.3 is 9.72 Å². The molecule has 5 rings (SSSR count). The summed E-state index contributed by atoms with van der Waals surface area (Å²) in [5.74, 6) is 0.248. The molecular formula is C20H15ClN4O2. The van der Waals surface area contributed by atoms with Crippen molar-refractivity contribution in [3.63, 3.8) is 0 Å². The molecule has 0 spiro atoms. The summed E-state index contributed by atoms with van der Waals surface area (Å²) in [6, 6.07) is 11.3. The summed E-state index contributed by atoms with van der Waals surface area (Å²) in [4.78, 5) is 20.0. The number of hydrogen-bond acceptors (Lipinski definition) is 4. The van der Waals surface area contributed by atoms with E-state index in [-0.39, 0.29) is 5.97 Å². The van der Waals surface area contributed by atoms with Gasteiger partial charge in [0.25, 0.3) is 0 Å². The Morgan fingerprint density at radius 2 is 1.96 bits per heavy atom. The van der Waals surface area contributed by atoms with E-state index in [4.69, 9.17) is 16.3 Å². The first kappa shape index (κ1) is 16.1. The maximum absolute atomic E-state index is 12.1. The van der Waals surface area contributed by atoms with Crippen molar-refractivity contribution in [1.82, 2.24) is 19.7 Å². The number of fused-ring (bicyclic) bond motifs is 2. The molecule has 134 valence electrons.